The molecule has 0 spiro atoms. The molecular weight excluding hydrogens is 298 g/mol. The van der Waals surface area contributed by atoms with Crippen LogP contribution < -0.4 is 5.73 Å². The van der Waals surface area contributed by atoms with E-state index in [1.165, 1.54) is 11.3 Å². The number of nitrogen functional groups attached to an aromatic ring is 1. The molecule has 0 saturated carbocycles. The van der Waals surface area contributed by atoms with Crippen LogP contribution in [0.25, 0.3) is 21.1 Å². The number of nitrogens with two attached hydrogens (primary N) is 1. The van der Waals surface area contributed by atoms with Crippen molar-refractivity contribution in [3.63, 3.8) is 0 Å². The normalized spacial score (nSPS) is 10.8. The zero-order valence-electron chi connectivity index (χ0n) is 10.1. The number of aryl methyl sites for hydroxylation is 1. The highest BCUT2D eigenvalue weighted by Crippen LogP contribution is 2.36. The Labute approximate surface area is 123 Å². The maximum Gasteiger partial charge on any atom is 0.180 e. The number of aromatic nitrogens is 2. The summed E-state index contributed by atoms with van der Waals surface area (Å²) in [5, 5.41) is 4.23. The molecule has 0 aliphatic carbocycles. The van der Waals surface area contributed by atoms with Crippen LogP contribution in [0, 0.1) is 6.92 Å². The summed E-state index contributed by atoms with van der Waals surface area (Å²) in [6.45, 7) is 1.99. The Morgan fingerprint density at radius 2 is 1.89 bits per heavy atom. The van der Waals surface area contributed by atoms with Crippen LogP contribution in [0.15, 0.2) is 29.6 Å². The zero-order valence-corrected chi connectivity index (χ0v) is 12.4. The van der Waals surface area contributed by atoms with Gasteiger partial charge < -0.3 is 5.73 Å². The molecule has 0 radical (unpaired) electrons. The predicted molar refractivity (Wildman–Crippen MR) is 82.8 cm³/mol. The predicted octanol–water partition coefficient (Wildman–Crippen LogP) is 4.48. The smallest absolute Gasteiger partial charge is 0.180 e. The molecule has 1 aromatic carbocycles. The van der Waals surface area contributed by atoms with E-state index in [1.807, 2.05) is 36.6 Å². The number of nitrogens with zero attached hydrogens (tertiary/aromatic N) is 2. The minimum atomic E-state index is 0.579. The van der Waals surface area contributed by atoms with Crippen LogP contribution in [0.5, 0.6) is 0 Å². The Kier molecular flexibility index (Phi) is 3.26. The maximum atomic E-state index is 5.89. The highest BCUT2D eigenvalue weighted by atomic mass is 35.5. The van der Waals surface area contributed by atoms with Gasteiger partial charge >= 0.3 is 0 Å². The quantitative estimate of drug-likeness (QED) is 0.759. The molecule has 3 nitrogen and oxygen atoms in total. The van der Waals surface area contributed by atoms with Gasteiger partial charge in [-0.1, -0.05) is 23.7 Å². The summed E-state index contributed by atoms with van der Waals surface area (Å²) < 4.78 is 0. The third-order valence-corrected chi connectivity index (χ3v) is 4.80. The van der Waals surface area contributed by atoms with Gasteiger partial charge in [0, 0.05) is 16.0 Å². The van der Waals surface area contributed by atoms with Gasteiger partial charge in [-0.15, -0.1) is 22.7 Å². The first-order valence-corrected chi connectivity index (χ1v) is 7.65. The Morgan fingerprint density at radius 1 is 1.16 bits per heavy atom. The fourth-order valence-corrected chi connectivity index (χ4v) is 3.53. The molecule has 0 bridgehead atoms. The van der Waals surface area contributed by atoms with E-state index in [0.29, 0.717) is 5.13 Å². The molecule has 2 aromatic heterocycles. The monoisotopic (exact) mass is 307 g/mol. The standard InChI is InChI=1S/C13H10ClN3S2/c1-7-11(10-6-18-13(15)17-10)19-12(16-7)8-2-4-9(14)5-3-8/h2-6H,1H3,(H2,15,17). The Morgan fingerprint density at radius 3 is 2.53 bits per heavy atom. The van der Waals surface area contributed by atoms with Gasteiger partial charge in [-0.25, -0.2) is 9.97 Å². The van der Waals surface area contributed by atoms with E-state index in [1.54, 1.807) is 11.3 Å². The van der Waals surface area contributed by atoms with Gasteiger partial charge in [0.15, 0.2) is 5.13 Å². The number of halogens is 1. The average Bonchev–Trinajstić information content (AvgIpc) is 2.96. The van der Waals surface area contributed by atoms with Crippen LogP contribution in [-0.2, 0) is 0 Å². The van der Waals surface area contributed by atoms with E-state index >= 15 is 0 Å². The minimum absolute atomic E-state index is 0.579. The summed E-state index contributed by atoms with van der Waals surface area (Å²) in [6, 6.07) is 7.68. The number of hydrogen-bond donors (Lipinski definition) is 1. The molecule has 0 aliphatic heterocycles. The van der Waals surface area contributed by atoms with Crippen molar-refractivity contribution in [1.82, 2.24) is 9.97 Å². The molecule has 2 heterocycles. The van der Waals surface area contributed by atoms with E-state index in [2.05, 4.69) is 9.97 Å². The highest BCUT2D eigenvalue weighted by molar-refractivity contribution is 7.19. The van der Waals surface area contributed by atoms with Crippen LogP contribution in [-0.4, -0.2) is 9.97 Å². The fraction of sp³-hybridized carbons (Fsp3) is 0.0769. The summed E-state index contributed by atoms with van der Waals surface area (Å²) in [7, 11) is 0. The van der Waals surface area contributed by atoms with Crippen molar-refractivity contribution >= 4 is 39.4 Å². The third-order valence-electron chi connectivity index (χ3n) is 2.64. The van der Waals surface area contributed by atoms with Crippen LogP contribution in [0.1, 0.15) is 5.69 Å². The van der Waals surface area contributed by atoms with Crippen molar-refractivity contribution in [1.29, 1.82) is 0 Å². The summed E-state index contributed by atoms with van der Waals surface area (Å²) in [5.41, 5.74) is 8.61. The van der Waals surface area contributed by atoms with Crippen molar-refractivity contribution in [3.8, 4) is 21.1 Å². The van der Waals surface area contributed by atoms with Crippen molar-refractivity contribution in [2.24, 2.45) is 0 Å². The van der Waals surface area contributed by atoms with Gasteiger partial charge in [0.25, 0.3) is 0 Å². The minimum Gasteiger partial charge on any atom is -0.375 e. The molecular formula is C13H10ClN3S2. The van der Waals surface area contributed by atoms with Gasteiger partial charge in [-0.2, -0.15) is 0 Å². The van der Waals surface area contributed by atoms with Crippen molar-refractivity contribution in [2.45, 2.75) is 6.92 Å². The van der Waals surface area contributed by atoms with Crippen LogP contribution >= 0.6 is 34.3 Å². The second kappa shape index (κ2) is 4.92. The van der Waals surface area contributed by atoms with E-state index in [0.717, 1.165) is 31.9 Å². The molecule has 0 amide bonds. The van der Waals surface area contributed by atoms with Gasteiger partial charge in [-0.05, 0) is 19.1 Å². The van der Waals surface area contributed by atoms with Gasteiger partial charge in [0.1, 0.15) is 5.01 Å². The van der Waals surface area contributed by atoms with Gasteiger partial charge in [0.2, 0.25) is 0 Å². The average molecular weight is 308 g/mol. The van der Waals surface area contributed by atoms with Crippen LogP contribution in [0.3, 0.4) is 0 Å². The maximum absolute atomic E-state index is 5.89. The molecule has 6 heteroatoms. The summed E-state index contributed by atoms with van der Waals surface area (Å²) in [4.78, 5) is 9.97. The van der Waals surface area contributed by atoms with Crippen LogP contribution in [0.4, 0.5) is 5.13 Å². The number of thiazole rings is 2. The lowest BCUT2D eigenvalue weighted by molar-refractivity contribution is 1.26. The van der Waals surface area contributed by atoms with Gasteiger partial charge in [0.05, 0.1) is 16.3 Å². The Bertz CT molecular complexity index is 716. The topological polar surface area (TPSA) is 51.8 Å². The second-order valence-corrected chi connectivity index (χ2v) is 6.34. The molecule has 0 atom stereocenters. The molecule has 3 rings (SSSR count). The van der Waals surface area contributed by atoms with Gasteiger partial charge in [-0.3, -0.25) is 0 Å². The number of hydrogen-bond acceptors (Lipinski definition) is 5. The molecule has 96 valence electrons. The zero-order chi connectivity index (χ0) is 13.4. The van der Waals surface area contributed by atoms with Crippen molar-refractivity contribution in [3.05, 3.63) is 40.4 Å². The van der Waals surface area contributed by atoms with E-state index in [4.69, 9.17) is 17.3 Å². The van der Waals surface area contributed by atoms with Crippen LogP contribution in [0.2, 0.25) is 5.02 Å². The summed E-state index contributed by atoms with van der Waals surface area (Å²) >= 11 is 8.96. The van der Waals surface area contributed by atoms with Crippen molar-refractivity contribution in [2.75, 3.05) is 5.73 Å². The van der Waals surface area contributed by atoms with Crippen molar-refractivity contribution < 1.29 is 0 Å². The Hall–Kier alpha value is -1.43. The third kappa shape index (κ3) is 2.49. The Balaban J connectivity index is 2.04. The SMILES string of the molecule is Cc1nc(-c2ccc(Cl)cc2)sc1-c1csc(N)n1. The first kappa shape index (κ1) is 12.6. The first-order valence-electron chi connectivity index (χ1n) is 5.58. The largest absolute Gasteiger partial charge is 0.375 e. The second-order valence-electron chi connectivity index (χ2n) is 4.01. The van der Waals surface area contributed by atoms with E-state index in [-0.39, 0.29) is 0 Å². The first-order chi connectivity index (χ1) is 9.13. The fourth-order valence-electron chi connectivity index (χ4n) is 1.74. The molecule has 0 unspecified atom stereocenters. The molecule has 0 fully saturated rings. The molecule has 3 aromatic rings. The number of rotatable bonds is 2. The molecule has 19 heavy (non-hydrogen) atoms. The lowest BCUT2D eigenvalue weighted by atomic mass is 10.2. The lowest BCUT2D eigenvalue weighted by Gasteiger charge is -1.95. The number of anilines is 1. The summed E-state index contributed by atoms with van der Waals surface area (Å²) in [5.74, 6) is 0. The molecule has 0 aliphatic rings. The highest BCUT2D eigenvalue weighted by Gasteiger charge is 2.13. The lowest BCUT2D eigenvalue weighted by Crippen LogP contribution is -1.82. The van der Waals surface area contributed by atoms with E-state index in [9.17, 15) is 0 Å². The molecule has 0 saturated heterocycles. The van der Waals surface area contributed by atoms with E-state index < -0.39 is 0 Å². The number of benzene rings is 1. The summed E-state index contributed by atoms with van der Waals surface area (Å²) in [6.07, 6.45) is 0. The molecule has 2 N–H and O–H groups in total.